The SMILES string of the molecule is C=C(Cl)/C(C#Cc1ccc2c(n1)OC(C)(C)CC2=O)=C\C(=C/C)C(F)(F)F. The zero-order valence-electron chi connectivity index (χ0n) is 15.0. The number of carbonyl (C=O) groups excluding carboxylic acids is 1. The van der Waals surface area contributed by atoms with Gasteiger partial charge in [-0.05, 0) is 44.9 Å². The predicted molar refractivity (Wildman–Crippen MR) is 97.7 cm³/mol. The second kappa shape index (κ2) is 7.61. The molecule has 0 bridgehead atoms. The molecule has 0 saturated heterocycles. The molecule has 27 heavy (non-hydrogen) atoms. The van der Waals surface area contributed by atoms with E-state index < -0.39 is 17.4 Å². The number of Topliss-reactive ketones (excluding diaryl/α,β-unsaturated/α-hetero) is 1. The van der Waals surface area contributed by atoms with Crippen LogP contribution in [0.2, 0.25) is 0 Å². The summed E-state index contributed by atoms with van der Waals surface area (Å²) in [5, 5.41) is -0.128. The number of fused-ring (bicyclic) bond motifs is 1. The van der Waals surface area contributed by atoms with Gasteiger partial charge in [0.1, 0.15) is 11.3 Å². The number of aromatic nitrogens is 1. The van der Waals surface area contributed by atoms with Gasteiger partial charge >= 0.3 is 6.18 Å². The first-order valence-corrected chi connectivity index (χ1v) is 8.36. The fraction of sp³-hybridized carbons (Fsp3) is 0.300. The Labute approximate surface area is 160 Å². The number of ketones is 1. The monoisotopic (exact) mass is 395 g/mol. The molecule has 0 radical (unpaired) electrons. The molecule has 0 fully saturated rings. The molecule has 1 aromatic heterocycles. The normalized spacial score (nSPS) is 16.8. The Morgan fingerprint density at radius 2 is 2.07 bits per heavy atom. The lowest BCUT2D eigenvalue weighted by Gasteiger charge is -2.30. The first kappa shape index (κ1) is 20.8. The Hall–Kier alpha value is -2.52. The first-order chi connectivity index (χ1) is 12.4. The number of halogens is 4. The maximum absolute atomic E-state index is 12.9. The third kappa shape index (κ3) is 5.24. The molecule has 0 spiro atoms. The van der Waals surface area contributed by atoms with Crippen molar-refractivity contribution in [3.05, 3.63) is 58.3 Å². The largest absolute Gasteiger partial charge is 0.471 e. The number of allylic oxidation sites excluding steroid dienone is 5. The maximum Gasteiger partial charge on any atom is 0.416 e. The summed E-state index contributed by atoms with van der Waals surface area (Å²) in [5.41, 5.74) is -1.07. The average molecular weight is 396 g/mol. The molecule has 0 saturated carbocycles. The van der Waals surface area contributed by atoms with Crippen LogP contribution in [0.3, 0.4) is 0 Å². The number of rotatable bonds is 2. The van der Waals surface area contributed by atoms with Crippen molar-refractivity contribution < 1.29 is 22.7 Å². The highest BCUT2D eigenvalue weighted by Crippen LogP contribution is 2.31. The van der Waals surface area contributed by atoms with Gasteiger partial charge in [-0.3, -0.25) is 4.79 Å². The first-order valence-electron chi connectivity index (χ1n) is 7.98. The molecular weight excluding hydrogens is 379 g/mol. The average Bonchev–Trinajstić information content (AvgIpc) is 2.51. The van der Waals surface area contributed by atoms with E-state index in [-0.39, 0.29) is 34.4 Å². The number of hydrogen-bond donors (Lipinski definition) is 0. The van der Waals surface area contributed by atoms with Gasteiger partial charge < -0.3 is 4.74 Å². The van der Waals surface area contributed by atoms with Crippen LogP contribution in [0.5, 0.6) is 5.88 Å². The minimum atomic E-state index is -4.53. The van der Waals surface area contributed by atoms with Gasteiger partial charge in [-0.2, -0.15) is 13.2 Å². The van der Waals surface area contributed by atoms with E-state index in [1.54, 1.807) is 13.8 Å². The molecule has 1 aliphatic rings. The molecule has 3 nitrogen and oxygen atoms in total. The topological polar surface area (TPSA) is 39.2 Å². The Bertz CT molecular complexity index is 915. The molecule has 1 aromatic rings. The molecule has 0 aliphatic carbocycles. The molecule has 0 unspecified atom stereocenters. The highest BCUT2D eigenvalue weighted by molar-refractivity contribution is 6.32. The Morgan fingerprint density at radius 3 is 2.63 bits per heavy atom. The van der Waals surface area contributed by atoms with E-state index in [4.69, 9.17) is 16.3 Å². The van der Waals surface area contributed by atoms with Crippen LogP contribution in [-0.2, 0) is 0 Å². The predicted octanol–water partition coefficient (Wildman–Crippen LogP) is 5.36. The van der Waals surface area contributed by atoms with E-state index in [2.05, 4.69) is 23.4 Å². The summed E-state index contributed by atoms with van der Waals surface area (Å²) in [4.78, 5) is 16.3. The van der Waals surface area contributed by atoms with Gasteiger partial charge in [-0.25, -0.2) is 4.98 Å². The van der Waals surface area contributed by atoms with Crippen molar-refractivity contribution >= 4 is 17.4 Å². The number of alkyl halides is 3. The van der Waals surface area contributed by atoms with Gasteiger partial charge in [0.05, 0.1) is 17.6 Å². The Balaban J connectivity index is 2.41. The molecule has 2 heterocycles. The van der Waals surface area contributed by atoms with E-state index in [0.29, 0.717) is 5.56 Å². The van der Waals surface area contributed by atoms with Gasteiger partial charge in [0.2, 0.25) is 5.88 Å². The fourth-order valence-electron chi connectivity index (χ4n) is 2.38. The van der Waals surface area contributed by atoms with Gasteiger partial charge in [-0.1, -0.05) is 30.2 Å². The summed E-state index contributed by atoms with van der Waals surface area (Å²) >= 11 is 5.78. The Kier molecular flexibility index (Phi) is 5.86. The van der Waals surface area contributed by atoms with Crippen LogP contribution in [0, 0.1) is 11.8 Å². The van der Waals surface area contributed by atoms with E-state index >= 15 is 0 Å². The van der Waals surface area contributed by atoms with E-state index in [0.717, 1.165) is 12.2 Å². The molecule has 2 rings (SSSR count). The highest BCUT2D eigenvalue weighted by Gasteiger charge is 2.33. The number of carbonyl (C=O) groups is 1. The van der Waals surface area contributed by atoms with Gasteiger partial charge in [0.15, 0.2) is 5.78 Å². The number of hydrogen-bond acceptors (Lipinski definition) is 3. The number of ether oxygens (including phenoxy) is 1. The van der Waals surface area contributed by atoms with Crippen molar-refractivity contribution in [1.82, 2.24) is 4.98 Å². The van der Waals surface area contributed by atoms with Gasteiger partial charge in [0, 0.05) is 10.6 Å². The minimum absolute atomic E-state index is 0.0843. The highest BCUT2D eigenvalue weighted by atomic mass is 35.5. The quantitative estimate of drug-likeness (QED) is 0.499. The van der Waals surface area contributed by atoms with Crippen molar-refractivity contribution in [3.63, 3.8) is 0 Å². The minimum Gasteiger partial charge on any atom is -0.471 e. The molecular formula is C20H17ClF3NO2. The van der Waals surface area contributed by atoms with Crippen molar-refractivity contribution in [2.24, 2.45) is 0 Å². The van der Waals surface area contributed by atoms with Crippen molar-refractivity contribution in [2.75, 3.05) is 0 Å². The molecule has 7 heteroatoms. The van der Waals surface area contributed by atoms with Crippen molar-refractivity contribution in [3.8, 4) is 17.7 Å². The number of pyridine rings is 1. The molecule has 0 amide bonds. The molecule has 142 valence electrons. The van der Waals surface area contributed by atoms with Crippen LogP contribution in [0.4, 0.5) is 13.2 Å². The second-order valence-electron chi connectivity index (χ2n) is 6.47. The zero-order chi connectivity index (χ0) is 20.4. The third-order valence-corrected chi connectivity index (χ3v) is 3.88. The summed E-state index contributed by atoms with van der Waals surface area (Å²) in [7, 11) is 0. The van der Waals surface area contributed by atoms with Crippen LogP contribution >= 0.6 is 11.6 Å². The van der Waals surface area contributed by atoms with E-state index in [1.807, 2.05) is 0 Å². The summed E-state index contributed by atoms with van der Waals surface area (Å²) < 4.78 is 44.4. The summed E-state index contributed by atoms with van der Waals surface area (Å²) in [6, 6.07) is 3.04. The lowest BCUT2D eigenvalue weighted by molar-refractivity contribution is -0.0883. The summed E-state index contributed by atoms with van der Waals surface area (Å²) in [5.74, 6) is 5.25. The van der Waals surface area contributed by atoms with Crippen molar-refractivity contribution in [2.45, 2.75) is 39.0 Å². The van der Waals surface area contributed by atoms with E-state index in [9.17, 15) is 18.0 Å². The fourth-order valence-corrected chi connectivity index (χ4v) is 2.48. The van der Waals surface area contributed by atoms with Crippen LogP contribution in [0.1, 0.15) is 43.2 Å². The lowest BCUT2D eigenvalue weighted by Crippen LogP contribution is -2.36. The summed E-state index contributed by atoms with van der Waals surface area (Å²) in [6.07, 6.45) is -2.56. The standard InChI is InChI=1S/C20H17ClF3NO2/c1-5-14(20(22,23)24)10-13(12(2)21)6-7-15-8-9-16-17(26)11-19(3,4)27-18(16)25-15/h5,8-10H,2,11H2,1,3-4H3/b13-10-,14-5+. The molecule has 1 aliphatic heterocycles. The lowest BCUT2D eigenvalue weighted by atomic mass is 9.94. The number of nitrogens with zero attached hydrogens (tertiary/aromatic N) is 1. The smallest absolute Gasteiger partial charge is 0.416 e. The van der Waals surface area contributed by atoms with E-state index in [1.165, 1.54) is 19.1 Å². The van der Waals surface area contributed by atoms with Gasteiger partial charge in [0.25, 0.3) is 0 Å². The van der Waals surface area contributed by atoms with Crippen LogP contribution in [0.15, 0.2) is 47.0 Å². The summed E-state index contributed by atoms with van der Waals surface area (Å²) in [6.45, 7) is 8.24. The molecule has 0 aromatic carbocycles. The van der Waals surface area contributed by atoms with Crippen LogP contribution in [-0.4, -0.2) is 22.5 Å². The molecule has 0 atom stereocenters. The van der Waals surface area contributed by atoms with Crippen molar-refractivity contribution in [1.29, 1.82) is 0 Å². The second-order valence-corrected chi connectivity index (χ2v) is 6.92. The van der Waals surface area contributed by atoms with Crippen LogP contribution in [0.25, 0.3) is 0 Å². The zero-order valence-corrected chi connectivity index (χ0v) is 15.8. The third-order valence-electron chi connectivity index (χ3n) is 3.68. The van der Waals surface area contributed by atoms with Crippen LogP contribution < -0.4 is 4.74 Å². The Morgan fingerprint density at radius 1 is 1.41 bits per heavy atom. The molecule has 0 N–H and O–H groups in total. The maximum atomic E-state index is 12.9. The van der Waals surface area contributed by atoms with Gasteiger partial charge in [-0.15, -0.1) is 0 Å².